The molecule has 21 heavy (non-hydrogen) atoms. The van der Waals surface area contributed by atoms with Crippen molar-refractivity contribution in [3.05, 3.63) is 58.3 Å². The molecule has 7 heteroatoms. The van der Waals surface area contributed by atoms with Gasteiger partial charge >= 0.3 is 5.97 Å². The molecular weight excluding hydrogens is 292 g/mol. The van der Waals surface area contributed by atoms with E-state index in [0.29, 0.717) is 9.92 Å². The highest BCUT2D eigenvalue weighted by atomic mass is 32.2. The van der Waals surface area contributed by atoms with E-state index in [1.54, 1.807) is 25.3 Å². The van der Waals surface area contributed by atoms with Crippen molar-refractivity contribution in [2.75, 3.05) is 6.61 Å². The summed E-state index contributed by atoms with van der Waals surface area (Å²) in [5.74, 6) is -0.584. The normalized spacial score (nSPS) is 10.1. The van der Waals surface area contributed by atoms with Gasteiger partial charge < -0.3 is 4.74 Å². The number of aromatic nitrogens is 1. The maximum absolute atomic E-state index is 12.0. The van der Waals surface area contributed by atoms with Gasteiger partial charge in [-0.1, -0.05) is 17.8 Å². The Hall–Kier alpha value is -2.41. The fraction of sp³-hybridized carbons (Fsp3) is 0.143. The highest BCUT2D eigenvalue weighted by Crippen LogP contribution is 2.31. The van der Waals surface area contributed by atoms with Crippen molar-refractivity contribution >= 4 is 23.4 Å². The number of nitro benzene ring substituents is 1. The van der Waals surface area contributed by atoms with E-state index in [2.05, 4.69) is 4.98 Å². The molecule has 1 aromatic heterocycles. The average molecular weight is 304 g/mol. The van der Waals surface area contributed by atoms with E-state index in [4.69, 9.17) is 4.74 Å². The molecule has 108 valence electrons. The Kier molecular flexibility index (Phi) is 4.89. The lowest BCUT2D eigenvalue weighted by molar-refractivity contribution is -0.384. The highest BCUT2D eigenvalue weighted by molar-refractivity contribution is 7.99. The Labute approximate surface area is 125 Å². The summed E-state index contributed by atoms with van der Waals surface area (Å²) in [6.45, 7) is 1.88. The summed E-state index contributed by atoms with van der Waals surface area (Å²) in [5.41, 5.74) is 0.0186. The summed E-state index contributed by atoms with van der Waals surface area (Å²) in [4.78, 5) is 27.0. The maximum atomic E-state index is 12.0. The summed E-state index contributed by atoms with van der Waals surface area (Å²) in [6, 6.07) is 9.51. The molecule has 0 saturated heterocycles. The zero-order valence-corrected chi connectivity index (χ0v) is 12.0. The molecule has 0 amide bonds. The number of nitrogens with zero attached hydrogens (tertiary/aromatic N) is 2. The average Bonchev–Trinajstić information content (AvgIpc) is 2.48. The first-order valence-electron chi connectivity index (χ1n) is 6.16. The summed E-state index contributed by atoms with van der Waals surface area (Å²) in [5, 5.41) is 11.5. The van der Waals surface area contributed by atoms with Crippen LogP contribution in [-0.2, 0) is 4.74 Å². The van der Waals surface area contributed by atoms with Crippen molar-refractivity contribution in [3.63, 3.8) is 0 Å². The lowest BCUT2D eigenvalue weighted by Crippen LogP contribution is -2.07. The molecule has 0 atom stereocenters. The smallest absolute Gasteiger partial charge is 0.339 e. The van der Waals surface area contributed by atoms with Gasteiger partial charge in [0.2, 0.25) is 0 Å². The second-order valence-corrected chi connectivity index (χ2v) is 4.99. The molecule has 0 unspecified atom stereocenters. The van der Waals surface area contributed by atoms with E-state index in [0.717, 1.165) is 0 Å². The fourth-order valence-electron chi connectivity index (χ4n) is 1.61. The molecule has 0 radical (unpaired) electrons. The van der Waals surface area contributed by atoms with Gasteiger partial charge in [-0.15, -0.1) is 0 Å². The largest absolute Gasteiger partial charge is 0.462 e. The zero-order valence-electron chi connectivity index (χ0n) is 11.2. The van der Waals surface area contributed by atoms with E-state index in [-0.39, 0.29) is 17.9 Å². The van der Waals surface area contributed by atoms with Crippen LogP contribution in [0, 0.1) is 10.1 Å². The van der Waals surface area contributed by atoms with Crippen molar-refractivity contribution in [3.8, 4) is 0 Å². The molecule has 0 aliphatic rings. The summed E-state index contributed by atoms with van der Waals surface area (Å²) >= 11 is 1.25. The van der Waals surface area contributed by atoms with Crippen LogP contribution in [-0.4, -0.2) is 22.5 Å². The quantitative estimate of drug-likeness (QED) is 0.479. The van der Waals surface area contributed by atoms with E-state index in [9.17, 15) is 14.9 Å². The van der Waals surface area contributed by atoms with E-state index < -0.39 is 10.9 Å². The van der Waals surface area contributed by atoms with Crippen LogP contribution >= 0.6 is 11.8 Å². The minimum Gasteiger partial charge on any atom is -0.462 e. The van der Waals surface area contributed by atoms with Gasteiger partial charge in [-0.3, -0.25) is 10.1 Å². The molecule has 0 bridgehead atoms. The molecule has 0 aliphatic carbocycles. The summed E-state index contributed by atoms with van der Waals surface area (Å²) in [7, 11) is 0. The lowest BCUT2D eigenvalue weighted by atomic mass is 10.2. The SMILES string of the molecule is CCOC(=O)c1cc([N+](=O)[O-])ccc1Sc1ccccn1. The molecule has 1 heterocycles. The fourth-order valence-corrected chi connectivity index (χ4v) is 2.48. The second-order valence-electron chi connectivity index (χ2n) is 3.93. The number of carbonyl (C=O) groups is 1. The van der Waals surface area contributed by atoms with Crippen molar-refractivity contribution in [2.45, 2.75) is 16.8 Å². The van der Waals surface area contributed by atoms with E-state index >= 15 is 0 Å². The van der Waals surface area contributed by atoms with Gasteiger partial charge in [0.25, 0.3) is 5.69 Å². The van der Waals surface area contributed by atoms with Gasteiger partial charge in [0.15, 0.2) is 0 Å². The molecule has 0 N–H and O–H groups in total. The molecule has 2 rings (SSSR count). The van der Waals surface area contributed by atoms with E-state index in [1.165, 1.54) is 30.0 Å². The predicted molar refractivity (Wildman–Crippen MR) is 77.4 cm³/mol. The number of hydrogen-bond donors (Lipinski definition) is 0. The van der Waals surface area contributed by atoms with Gasteiger partial charge in [-0.25, -0.2) is 9.78 Å². The standard InChI is InChI=1S/C14H12N2O4S/c1-2-20-14(17)11-9-10(16(18)19)6-7-12(11)21-13-5-3-4-8-15-13/h3-9H,2H2,1H3. The second kappa shape index (κ2) is 6.85. The molecule has 0 spiro atoms. The van der Waals surface area contributed by atoms with Crippen molar-refractivity contribution in [1.29, 1.82) is 0 Å². The number of esters is 1. The Balaban J connectivity index is 2.39. The van der Waals surface area contributed by atoms with Gasteiger partial charge in [-0.2, -0.15) is 0 Å². The Morgan fingerprint density at radius 2 is 2.19 bits per heavy atom. The summed E-state index contributed by atoms with van der Waals surface area (Å²) in [6.07, 6.45) is 1.64. The first-order valence-corrected chi connectivity index (χ1v) is 6.98. The molecule has 0 aliphatic heterocycles. The van der Waals surface area contributed by atoms with Crippen LogP contribution in [0.5, 0.6) is 0 Å². The van der Waals surface area contributed by atoms with Gasteiger partial charge in [0.05, 0.1) is 17.1 Å². The van der Waals surface area contributed by atoms with Crippen LogP contribution < -0.4 is 0 Å². The number of carbonyl (C=O) groups excluding carboxylic acids is 1. The molecule has 1 aromatic carbocycles. The number of non-ortho nitro benzene ring substituents is 1. The van der Waals surface area contributed by atoms with Gasteiger partial charge in [-0.05, 0) is 25.1 Å². The highest BCUT2D eigenvalue weighted by Gasteiger charge is 2.18. The van der Waals surface area contributed by atoms with Crippen LogP contribution in [0.25, 0.3) is 0 Å². The van der Waals surface area contributed by atoms with Crippen LogP contribution in [0.1, 0.15) is 17.3 Å². The van der Waals surface area contributed by atoms with E-state index in [1.807, 2.05) is 6.07 Å². The first-order chi connectivity index (χ1) is 10.1. The Morgan fingerprint density at radius 3 is 2.81 bits per heavy atom. The third-order valence-electron chi connectivity index (χ3n) is 2.52. The van der Waals surface area contributed by atoms with Crippen molar-refractivity contribution in [2.24, 2.45) is 0 Å². The molecule has 0 fully saturated rings. The minimum atomic E-state index is -0.584. The first kappa shape index (κ1) is 15.0. The zero-order chi connectivity index (χ0) is 15.2. The number of benzene rings is 1. The van der Waals surface area contributed by atoms with Crippen LogP contribution in [0.3, 0.4) is 0 Å². The van der Waals surface area contributed by atoms with Crippen LogP contribution in [0.4, 0.5) is 5.69 Å². The number of ether oxygens (including phenoxy) is 1. The number of pyridine rings is 1. The third kappa shape index (κ3) is 3.79. The van der Waals surface area contributed by atoms with Gasteiger partial charge in [0, 0.05) is 23.2 Å². The molecule has 2 aromatic rings. The lowest BCUT2D eigenvalue weighted by Gasteiger charge is -2.08. The van der Waals surface area contributed by atoms with Crippen LogP contribution in [0.15, 0.2) is 52.5 Å². The Morgan fingerprint density at radius 1 is 1.38 bits per heavy atom. The predicted octanol–water partition coefficient (Wildman–Crippen LogP) is 3.32. The maximum Gasteiger partial charge on any atom is 0.339 e. The van der Waals surface area contributed by atoms with Crippen molar-refractivity contribution < 1.29 is 14.5 Å². The Bertz CT molecular complexity index is 661. The summed E-state index contributed by atoms with van der Waals surface area (Å²) < 4.78 is 4.95. The third-order valence-corrected chi connectivity index (χ3v) is 3.55. The monoisotopic (exact) mass is 304 g/mol. The van der Waals surface area contributed by atoms with Gasteiger partial charge in [0.1, 0.15) is 5.03 Å². The number of nitro groups is 1. The molecule has 6 nitrogen and oxygen atoms in total. The number of hydrogen-bond acceptors (Lipinski definition) is 6. The molecule has 0 saturated carbocycles. The minimum absolute atomic E-state index is 0.150. The van der Waals surface area contributed by atoms with Crippen LogP contribution in [0.2, 0.25) is 0 Å². The van der Waals surface area contributed by atoms with Crippen molar-refractivity contribution in [1.82, 2.24) is 4.98 Å². The topological polar surface area (TPSA) is 82.3 Å². The molecular formula is C14H12N2O4S. The number of rotatable bonds is 5.